The fourth-order valence-electron chi connectivity index (χ4n) is 3.14. The summed E-state index contributed by atoms with van der Waals surface area (Å²) in [6.07, 6.45) is 1.04. The molecule has 4 rings (SSSR count). The number of amides is 1. The third kappa shape index (κ3) is 1.77. The Hall–Kier alpha value is -1.46. The number of carbonyl (C=O) groups excluding carboxylic acids is 1. The van der Waals surface area contributed by atoms with Gasteiger partial charge in [0, 0.05) is 40.1 Å². The van der Waals surface area contributed by atoms with Crippen LogP contribution in [0.5, 0.6) is 0 Å². The van der Waals surface area contributed by atoms with Crippen LogP contribution >= 0.6 is 11.3 Å². The topological polar surface area (TPSA) is 32.3 Å². The number of fused-ring (bicyclic) bond motifs is 2. The van der Waals surface area contributed by atoms with E-state index in [1.54, 1.807) is 17.4 Å². The fourth-order valence-corrected chi connectivity index (χ4v) is 4.17. The first-order valence-corrected chi connectivity index (χ1v) is 7.70. The van der Waals surface area contributed by atoms with E-state index in [4.69, 9.17) is 0 Å². The zero-order chi connectivity index (χ0) is 13.9. The number of aryl methyl sites for hydroxylation is 1. The molecule has 2 aliphatic rings. The molecular formula is C15H15FN2OS. The molecule has 2 atom stereocenters. The first-order chi connectivity index (χ1) is 9.65. The normalized spacial score (nSPS) is 24.8. The van der Waals surface area contributed by atoms with Gasteiger partial charge in [0.05, 0.1) is 5.56 Å². The van der Waals surface area contributed by atoms with Gasteiger partial charge in [-0.15, -0.1) is 11.3 Å². The van der Waals surface area contributed by atoms with Crippen molar-refractivity contribution in [3.8, 4) is 0 Å². The molecule has 2 heterocycles. The predicted molar refractivity (Wildman–Crippen MR) is 77.8 cm³/mol. The molecule has 1 saturated carbocycles. The number of rotatable bonds is 1. The molecule has 0 bridgehead atoms. The monoisotopic (exact) mass is 290 g/mol. The third-order valence-corrected chi connectivity index (χ3v) is 5.30. The van der Waals surface area contributed by atoms with Crippen molar-refractivity contribution in [3.63, 3.8) is 0 Å². The molecule has 1 aromatic carbocycles. The van der Waals surface area contributed by atoms with Crippen molar-refractivity contribution >= 4 is 27.3 Å². The van der Waals surface area contributed by atoms with E-state index < -0.39 is 0 Å². The highest BCUT2D eigenvalue weighted by Gasteiger charge is 2.46. The molecule has 1 aromatic heterocycles. The third-order valence-electron chi connectivity index (χ3n) is 4.22. The number of piperazine rings is 1. The van der Waals surface area contributed by atoms with Crippen molar-refractivity contribution in [2.45, 2.75) is 25.4 Å². The average Bonchev–Trinajstić information content (AvgIpc) is 3.14. The van der Waals surface area contributed by atoms with Crippen molar-refractivity contribution in [3.05, 3.63) is 34.5 Å². The van der Waals surface area contributed by atoms with Crippen molar-refractivity contribution in [2.75, 3.05) is 13.1 Å². The molecule has 0 spiro atoms. The molecule has 1 N–H and O–H groups in total. The van der Waals surface area contributed by atoms with E-state index in [-0.39, 0.29) is 11.7 Å². The van der Waals surface area contributed by atoms with Gasteiger partial charge in [-0.1, -0.05) is 0 Å². The largest absolute Gasteiger partial charge is 0.333 e. The summed E-state index contributed by atoms with van der Waals surface area (Å²) in [5, 5.41) is 4.15. The van der Waals surface area contributed by atoms with Crippen LogP contribution in [0.1, 0.15) is 21.7 Å². The zero-order valence-electron chi connectivity index (χ0n) is 11.1. The minimum absolute atomic E-state index is 0.0633. The summed E-state index contributed by atoms with van der Waals surface area (Å²) in [5.74, 6) is -0.220. The number of benzene rings is 1. The van der Waals surface area contributed by atoms with E-state index in [0.29, 0.717) is 17.6 Å². The van der Waals surface area contributed by atoms with Gasteiger partial charge in [0.15, 0.2) is 0 Å². The number of thiophene rings is 1. The summed E-state index contributed by atoms with van der Waals surface area (Å²) >= 11 is 1.56. The quantitative estimate of drug-likeness (QED) is 0.875. The number of nitrogens with one attached hydrogen (secondary N) is 1. The Bertz CT molecular complexity index is 711. The van der Waals surface area contributed by atoms with Crippen LogP contribution in [0.3, 0.4) is 0 Å². The summed E-state index contributed by atoms with van der Waals surface area (Å²) in [5.41, 5.74) is 0.692. The zero-order valence-corrected chi connectivity index (χ0v) is 12.0. The predicted octanol–water partition coefficient (Wildman–Crippen LogP) is 2.54. The minimum atomic E-state index is -0.283. The molecule has 1 aliphatic carbocycles. The van der Waals surface area contributed by atoms with Gasteiger partial charge >= 0.3 is 0 Å². The molecule has 2 fully saturated rings. The van der Waals surface area contributed by atoms with Crippen molar-refractivity contribution < 1.29 is 9.18 Å². The van der Waals surface area contributed by atoms with Gasteiger partial charge in [0.25, 0.3) is 5.91 Å². The molecule has 1 aliphatic heterocycles. The number of nitrogens with zero attached hydrogens (tertiary/aromatic N) is 1. The van der Waals surface area contributed by atoms with Gasteiger partial charge in [-0.3, -0.25) is 4.79 Å². The first kappa shape index (κ1) is 12.3. The maximum atomic E-state index is 13.5. The second kappa shape index (κ2) is 4.27. The highest BCUT2D eigenvalue weighted by Crippen LogP contribution is 2.36. The highest BCUT2D eigenvalue weighted by molar-refractivity contribution is 7.19. The van der Waals surface area contributed by atoms with Crippen LogP contribution in [0.4, 0.5) is 4.39 Å². The summed E-state index contributed by atoms with van der Waals surface area (Å²) in [6.45, 7) is 3.54. The molecule has 2 aromatic rings. The Kier molecular flexibility index (Phi) is 2.62. The van der Waals surface area contributed by atoms with E-state index in [1.807, 2.05) is 11.8 Å². The average molecular weight is 290 g/mol. The van der Waals surface area contributed by atoms with Crippen LogP contribution in [0, 0.1) is 12.7 Å². The SMILES string of the molecule is Cc1sc2ccc(F)cc2c1C(=O)N1CCNC2CC21. The number of halogens is 1. The lowest BCUT2D eigenvalue weighted by Gasteiger charge is -2.27. The number of hydrogen-bond donors (Lipinski definition) is 1. The van der Waals surface area contributed by atoms with Gasteiger partial charge < -0.3 is 10.2 Å². The summed E-state index contributed by atoms with van der Waals surface area (Å²) < 4.78 is 14.5. The van der Waals surface area contributed by atoms with Crippen LogP contribution in [-0.4, -0.2) is 36.0 Å². The maximum Gasteiger partial charge on any atom is 0.255 e. The second-order valence-corrected chi connectivity index (χ2v) is 6.79. The van der Waals surface area contributed by atoms with E-state index in [9.17, 15) is 9.18 Å². The molecule has 3 nitrogen and oxygen atoms in total. The Morgan fingerprint density at radius 3 is 3.20 bits per heavy atom. The molecule has 1 saturated heterocycles. The fraction of sp³-hybridized carbons (Fsp3) is 0.400. The van der Waals surface area contributed by atoms with Gasteiger partial charge in [-0.25, -0.2) is 4.39 Å². The second-order valence-electron chi connectivity index (χ2n) is 5.54. The highest BCUT2D eigenvalue weighted by atomic mass is 32.1. The van der Waals surface area contributed by atoms with Crippen LogP contribution < -0.4 is 5.32 Å². The Morgan fingerprint density at radius 1 is 1.50 bits per heavy atom. The van der Waals surface area contributed by atoms with Crippen LogP contribution in [0.2, 0.25) is 0 Å². The van der Waals surface area contributed by atoms with Gasteiger partial charge in [0.1, 0.15) is 5.82 Å². The minimum Gasteiger partial charge on any atom is -0.333 e. The van der Waals surface area contributed by atoms with Crippen molar-refractivity contribution in [1.82, 2.24) is 10.2 Å². The lowest BCUT2D eigenvalue weighted by atomic mass is 10.1. The molecular weight excluding hydrogens is 275 g/mol. The van der Waals surface area contributed by atoms with Crippen LogP contribution in [0.25, 0.3) is 10.1 Å². The molecule has 2 unspecified atom stereocenters. The smallest absolute Gasteiger partial charge is 0.255 e. The van der Waals surface area contributed by atoms with Gasteiger partial charge in [0.2, 0.25) is 0 Å². The first-order valence-electron chi connectivity index (χ1n) is 6.88. The molecule has 0 radical (unpaired) electrons. The molecule has 104 valence electrons. The summed E-state index contributed by atoms with van der Waals surface area (Å²) in [6, 6.07) is 5.50. The summed E-state index contributed by atoms with van der Waals surface area (Å²) in [7, 11) is 0. The Labute approximate surface area is 120 Å². The molecule has 1 amide bonds. The van der Waals surface area contributed by atoms with Crippen LogP contribution in [-0.2, 0) is 0 Å². The molecule has 20 heavy (non-hydrogen) atoms. The van der Waals surface area contributed by atoms with Gasteiger partial charge in [-0.2, -0.15) is 0 Å². The van der Waals surface area contributed by atoms with Crippen molar-refractivity contribution in [2.24, 2.45) is 0 Å². The van der Waals surface area contributed by atoms with E-state index >= 15 is 0 Å². The molecule has 5 heteroatoms. The standard InChI is InChI=1S/C15H15FN2OS/c1-8-14(10-6-9(16)2-3-13(10)20-8)15(19)18-5-4-17-11-7-12(11)18/h2-3,6,11-12,17H,4-5,7H2,1H3. The van der Waals surface area contributed by atoms with Crippen molar-refractivity contribution in [1.29, 1.82) is 0 Å². The van der Waals surface area contributed by atoms with E-state index in [2.05, 4.69) is 5.32 Å². The lowest BCUT2D eigenvalue weighted by Crippen LogP contribution is -2.46. The number of hydrogen-bond acceptors (Lipinski definition) is 3. The van der Waals surface area contributed by atoms with E-state index in [0.717, 1.165) is 34.5 Å². The van der Waals surface area contributed by atoms with Crippen LogP contribution in [0.15, 0.2) is 18.2 Å². The van der Waals surface area contributed by atoms with Gasteiger partial charge in [-0.05, 0) is 31.5 Å². The lowest BCUT2D eigenvalue weighted by molar-refractivity contribution is 0.0721. The number of carbonyl (C=O) groups is 1. The summed E-state index contributed by atoms with van der Waals surface area (Å²) in [4.78, 5) is 15.8. The Balaban J connectivity index is 1.79. The maximum absolute atomic E-state index is 13.5. The van der Waals surface area contributed by atoms with E-state index in [1.165, 1.54) is 12.1 Å². The Morgan fingerprint density at radius 2 is 2.35 bits per heavy atom.